The summed E-state index contributed by atoms with van der Waals surface area (Å²) in [5, 5.41) is 23.2. The van der Waals surface area contributed by atoms with Crippen LogP contribution in [0.2, 0.25) is 0 Å². The lowest BCUT2D eigenvalue weighted by molar-refractivity contribution is -0.0337. The predicted molar refractivity (Wildman–Crippen MR) is 101 cm³/mol. The molecule has 0 spiro atoms. The van der Waals surface area contributed by atoms with Gasteiger partial charge in [0.05, 0.1) is 17.6 Å². The second-order valence-electron chi connectivity index (χ2n) is 6.77. The first-order valence-electron chi connectivity index (χ1n) is 8.91. The molecule has 2 aromatic heterocycles. The van der Waals surface area contributed by atoms with Gasteiger partial charge in [-0.15, -0.1) is 3.89 Å². The molecule has 4 atom stereocenters. The average Bonchev–Trinajstić information content (AvgIpc) is 3.28. The second-order valence-corrected chi connectivity index (χ2v) is 8.12. The topological polar surface area (TPSA) is 176 Å². The molecule has 4 N–H and O–H groups in total. The SMILES string of the molecule is O=C(NCC1OC(n2cnc3c(=O)[nH]cnc32)C(O)C1O)c1ccc(S(=O)(=O)F)cc1. The van der Waals surface area contributed by atoms with Gasteiger partial charge < -0.3 is 25.3 Å². The van der Waals surface area contributed by atoms with Crippen LogP contribution in [0.15, 0.2) is 46.6 Å². The van der Waals surface area contributed by atoms with Gasteiger partial charge in [-0.3, -0.25) is 14.2 Å². The van der Waals surface area contributed by atoms with Crippen molar-refractivity contribution in [2.24, 2.45) is 0 Å². The van der Waals surface area contributed by atoms with Crippen molar-refractivity contribution in [2.75, 3.05) is 6.54 Å². The number of carbonyl (C=O) groups is 1. The Hall–Kier alpha value is -3.20. The monoisotopic (exact) mass is 453 g/mol. The van der Waals surface area contributed by atoms with Crippen LogP contribution >= 0.6 is 0 Å². The van der Waals surface area contributed by atoms with E-state index in [0.717, 1.165) is 30.6 Å². The van der Waals surface area contributed by atoms with Crippen molar-refractivity contribution in [2.45, 2.75) is 29.4 Å². The van der Waals surface area contributed by atoms with Crippen molar-refractivity contribution in [1.82, 2.24) is 24.8 Å². The van der Waals surface area contributed by atoms with Crippen LogP contribution in [-0.2, 0) is 15.0 Å². The molecular formula is C17H16FN5O7S. The lowest BCUT2D eigenvalue weighted by atomic mass is 10.1. The van der Waals surface area contributed by atoms with Crippen molar-refractivity contribution in [3.8, 4) is 0 Å². The molecule has 1 aliphatic rings. The van der Waals surface area contributed by atoms with Crippen LogP contribution < -0.4 is 10.9 Å². The summed E-state index contributed by atoms with van der Waals surface area (Å²) >= 11 is 0. The molecule has 1 aromatic carbocycles. The number of hydrogen-bond acceptors (Lipinski definition) is 9. The highest BCUT2D eigenvalue weighted by molar-refractivity contribution is 7.86. The lowest BCUT2D eigenvalue weighted by Crippen LogP contribution is -2.39. The van der Waals surface area contributed by atoms with Crippen LogP contribution in [0, 0.1) is 0 Å². The molecule has 1 aliphatic heterocycles. The number of aromatic amines is 1. The Morgan fingerprint density at radius 3 is 2.61 bits per heavy atom. The zero-order valence-corrected chi connectivity index (χ0v) is 16.4. The zero-order valence-electron chi connectivity index (χ0n) is 15.5. The molecule has 0 radical (unpaired) electrons. The number of aliphatic hydroxyl groups excluding tert-OH is 2. The Bertz CT molecular complexity index is 1290. The molecule has 14 heteroatoms. The smallest absolute Gasteiger partial charge is 0.332 e. The average molecular weight is 453 g/mol. The van der Waals surface area contributed by atoms with Crippen molar-refractivity contribution in [1.29, 1.82) is 0 Å². The number of benzene rings is 1. The van der Waals surface area contributed by atoms with Crippen LogP contribution in [0.25, 0.3) is 11.2 Å². The van der Waals surface area contributed by atoms with Gasteiger partial charge in [0, 0.05) is 12.1 Å². The standard InChI is InChI=1S/C17H16FN5O7S/c18-31(28,29)9-3-1-8(2-4-9)15(26)19-5-10-12(24)13(25)17(30-10)23-7-22-11-14(23)20-6-21-16(11)27/h1-4,6-7,10,12-13,17,24-25H,5H2,(H,19,26)(H,20,21,27). The number of amides is 1. The molecule has 1 fully saturated rings. The number of imidazole rings is 1. The zero-order chi connectivity index (χ0) is 22.3. The van der Waals surface area contributed by atoms with E-state index in [9.17, 15) is 32.1 Å². The van der Waals surface area contributed by atoms with Crippen molar-refractivity contribution in [3.05, 3.63) is 52.8 Å². The van der Waals surface area contributed by atoms with Crippen LogP contribution in [0.3, 0.4) is 0 Å². The summed E-state index contributed by atoms with van der Waals surface area (Å²) in [6, 6.07) is 4.16. The van der Waals surface area contributed by atoms with Crippen LogP contribution in [0.1, 0.15) is 16.6 Å². The molecule has 12 nitrogen and oxygen atoms in total. The van der Waals surface area contributed by atoms with E-state index in [1.807, 2.05) is 0 Å². The number of rotatable bonds is 5. The molecule has 0 aliphatic carbocycles. The van der Waals surface area contributed by atoms with E-state index in [0.29, 0.717) is 0 Å². The molecule has 4 unspecified atom stereocenters. The summed E-state index contributed by atoms with van der Waals surface area (Å²) in [6.45, 7) is -0.197. The predicted octanol–water partition coefficient (Wildman–Crippen LogP) is -1.17. The fourth-order valence-electron chi connectivity index (χ4n) is 3.24. The number of fused-ring (bicyclic) bond motifs is 1. The van der Waals surface area contributed by atoms with E-state index in [-0.39, 0.29) is 23.3 Å². The first kappa shape index (κ1) is 21.0. The van der Waals surface area contributed by atoms with Gasteiger partial charge in [-0.05, 0) is 24.3 Å². The molecule has 0 saturated carbocycles. The number of nitrogens with one attached hydrogen (secondary N) is 2. The van der Waals surface area contributed by atoms with Gasteiger partial charge in [0.2, 0.25) is 0 Å². The van der Waals surface area contributed by atoms with Crippen molar-refractivity contribution < 1.29 is 32.0 Å². The summed E-state index contributed by atoms with van der Waals surface area (Å²) in [5.41, 5.74) is -0.246. The maximum Gasteiger partial charge on any atom is 0.332 e. The Kier molecular flexibility index (Phi) is 5.30. The number of hydrogen-bond donors (Lipinski definition) is 4. The molecule has 164 valence electrons. The molecule has 31 heavy (non-hydrogen) atoms. The van der Waals surface area contributed by atoms with Gasteiger partial charge >= 0.3 is 10.2 Å². The number of halogens is 1. The van der Waals surface area contributed by atoms with Crippen LogP contribution in [0.5, 0.6) is 0 Å². The molecule has 1 saturated heterocycles. The number of aliphatic hydroxyl groups is 2. The minimum atomic E-state index is -4.88. The highest BCUT2D eigenvalue weighted by Gasteiger charge is 2.44. The van der Waals surface area contributed by atoms with Crippen molar-refractivity contribution in [3.63, 3.8) is 0 Å². The summed E-state index contributed by atoms with van der Waals surface area (Å²) in [6.07, 6.45) is -2.47. The first-order chi connectivity index (χ1) is 14.7. The highest BCUT2D eigenvalue weighted by atomic mass is 32.3. The quantitative estimate of drug-likeness (QED) is 0.347. The maximum atomic E-state index is 12.9. The maximum absolute atomic E-state index is 12.9. The van der Waals surface area contributed by atoms with Gasteiger partial charge in [0.15, 0.2) is 17.4 Å². The van der Waals surface area contributed by atoms with Gasteiger partial charge in [0.25, 0.3) is 11.5 Å². The number of aromatic nitrogens is 4. The normalized spacial score (nSPS) is 23.8. The number of nitrogens with zero attached hydrogens (tertiary/aromatic N) is 3. The highest BCUT2D eigenvalue weighted by Crippen LogP contribution is 2.30. The Balaban J connectivity index is 1.45. The third-order valence-electron chi connectivity index (χ3n) is 4.84. The Morgan fingerprint density at radius 1 is 1.23 bits per heavy atom. The summed E-state index contributed by atoms with van der Waals surface area (Å²) in [4.78, 5) is 33.8. The summed E-state index contributed by atoms with van der Waals surface area (Å²) < 4.78 is 41.6. The molecule has 1 amide bonds. The van der Waals surface area contributed by atoms with E-state index < -0.39 is 51.1 Å². The third kappa shape index (κ3) is 3.93. The van der Waals surface area contributed by atoms with Gasteiger partial charge in [-0.25, -0.2) is 9.97 Å². The van der Waals surface area contributed by atoms with Gasteiger partial charge in [0.1, 0.15) is 18.3 Å². The van der Waals surface area contributed by atoms with E-state index in [4.69, 9.17) is 4.74 Å². The third-order valence-corrected chi connectivity index (χ3v) is 5.67. The molecule has 3 aromatic rings. The van der Waals surface area contributed by atoms with E-state index in [2.05, 4.69) is 20.3 Å². The summed E-state index contributed by atoms with van der Waals surface area (Å²) in [7, 11) is -4.88. The minimum Gasteiger partial charge on any atom is -0.387 e. The van der Waals surface area contributed by atoms with E-state index >= 15 is 0 Å². The molecule has 0 bridgehead atoms. The van der Waals surface area contributed by atoms with Crippen molar-refractivity contribution >= 4 is 27.3 Å². The largest absolute Gasteiger partial charge is 0.387 e. The molecular weight excluding hydrogens is 437 g/mol. The van der Waals surface area contributed by atoms with Gasteiger partial charge in [-0.2, -0.15) is 8.42 Å². The van der Waals surface area contributed by atoms with E-state index in [1.165, 1.54) is 10.9 Å². The summed E-state index contributed by atoms with van der Waals surface area (Å²) in [5.74, 6) is -0.627. The number of ether oxygens (including phenoxy) is 1. The molecule has 3 heterocycles. The minimum absolute atomic E-state index is 0.0308. The number of carbonyl (C=O) groups excluding carboxylic acids is 1. The first-order valence-corrected chi connectivity index (χ1v) is 10.3. The Labute approximate surface area is 173 Å². The second kappa shape index (κ2) is 7.81. The fraction of sp³-hybridized carbons (Fsp3) is 0.294. The number of H-pyrrole nitrogens is 1. The van der Waals surface area contributed by atoms with Crippen LogP contribution in [-0.4, -0.2) is 68.9 Å². The van der Waals surface area contributed by atoms with Crippen LogP contribution in [0.4, 0.5) is 3.89 Å². The molecule has 4 rings (SSSR count). The Morgan fingerprint density at radius 2 is 1.94 bits per heavy atom. The van der Waals surface area contributed by atoms with E-state index in [1.54, 1.807) is 0 Å². The lowest BCUT2D eigenvalue weighted by Gasteiger charge is -2.16. The van der Waals surface area contributed by atoms with Gasteiger partial charge in [-0.1, -0.05) is 0 Å². The fourth-order valence-corrected chi connectivity index (χ4v) is 3.70.